The molecule has 0 bridgehead atoms. The number of nitrogens with zero attached hydrogens (tertiary/aromatic N) is 3. The van der Waals surface area contributed by atoms with Gasteiger partial charge in [0.15, 0.2) is 0 Å². The van der Waals surface area contributed by atoms with Gasteiger partial charge in [-0.05, 0) is 68.9 Å². The van der Waals surface area contributed by atoms with Crippen molar-refractivity contribution in [1.29, 1.82) is 0 Å². The lowest BCUT2D eigenvalue weighted by molar-refractivity contribution is -0.147. The second kappa shape index (κ2) is 10.3. The Kier molecular flexibility index (Phi) is 7.14. The van der Waals surface area contributed by atoms with Crippen molar-refractivity contribution in [3.8, 4) is 0 Å². The van der Waals surface area contributed by atoms with Gasteiger partial charge in [-0.2, -0.15) is 0 Å². The molecule has 3 aromatic rings. The summed E-state index contributed by atoms with van der Waals surface area (Å²) >= 11 is 6.09. The van der Waals surface area contributed by atoms with Crippen LogP contribution in [0.4, 0.5) is 10.5 Å². The number of hydrogen-bond donors (Lipinski definition) is 1. The largest absolute Gasteiger partial charge is 0.469 e. The van der Waals surface area contributed by atoms with Crippen molar-refractivity contribution < 1.29 is 24.2 Å². The van der Waals surface area contributed by atoms with Crippen molar-refractivity contribution >= 4 is 40.4 Å². The highest BCUT2D eigenvalue weighted by atomic mass is 35.5. The van der Waals surface area contributed by atoms with Gasteiger partial charge in [0.2, 0.25) is 0 Å². The van der Waals surface area contributed by atoms with E-state index < -0.39 is 12.2 Å². The quantitative estimate of drug-likeness (QED) is 0.447. The summed E-state index contributed by atoms with van der Waals surface area (Å²) in [6.45, 7) is 2.01. The zero-order valence-corrected chi connectivity index (χ0v) is 22.1. The number of amides is 1. The SMILES string of the molecule is COC(=O)[C@@H]1CCC[C@@H](n2c(C(O)c3ccc(Cl)cc3)nc3c4c(ccc32)N(C(=O)OC)[C@@H](C)CC4)C1. The number of rotatable bonds is 4. The molecule has 1 aromatic heterocycles. The molecule has 1 fully saturated rings. The Morgan fingerprint density at radius 2 is 1.84 bits per heavy atom. The van der Waals surface area contributed by atoms with Gasteiger partial charge in [0.25, 0.3) is 0 Å². The molecule has 8 nitrogen and oxygen atoms in total. The zero-order chi connectivity index (χ0) is 26.3. The molecular formula is C28H32ClN3O5. The topological polar surface area (TPSA) is 93.9 Å². The molecule has 4 atom stereocenters. The lowest BCUT2D eigenvalue weighted by atomic mass is 9.85. The third-order valence-corrected chi connectivity index (χ3v) is 8.08. The van der Waals surface area contributed by atoms with E-state index in [-0.39, 0.29) is 24.0 Å². The Labute approximate surface area is 221 Å². The fourth-order valence-corrected chi connectivity index (χ4v) is 6.07. The maximum atomic E-state index is 12.6. The predicted octanol–water partition coefficient (Wildman–Crippen LogP) is 5.58. The van der Waals surface area contributed by atoms with Crippen LogP contribution in [0.2, 0.25) is 5.02 Å². The lowest BCUT2D eigenvalue weighted by Crippen LogP contribution is -2.42. The average Bonchev–Trinajstić information content (AvgIpc) is 3.32. The van der Waals surface area contributed by atoms with Crippen LogP contribution in [0, 0.1) is 5.92 Å². The number of anilines is 1. The van der Waals surface area contributed by atoms with Gasteiger partial charge in [-0.25, -0.2) is 9.78 Å². The van der Waals surface area contributed by atoms with Gasteiger partial charge >= 0.3 is 12.1 Å². The standard InChI is InChI=1S/C28H32ClN3O5/c1-16-7-12-21-22(31(16)28(35)37-3)13-14-23-24(21)30-26(25(33)17-8-10-19(29)11-9-17)32(23)20-6-4-5-18(15-20)27(34)36-2/h8-11,13-14,16,18,20,25,33H,4-7,12,15H2,1-3H3/t16-,18+,20+,25?/m0/s1. The third kappa shape index (κ3) is 4.57. The van der Waals surface area contributed by atoms with Gasteiger partial charge in [0, 0.05) is 22.7 Å². The fraction of sp³-hybridized carbons (Fsp3) is 0.464. The summed E-state index contributed by atoms with van der Waals surface area (Å²) in [6.07, 6.45) is 3.27. The van der Waals surface area contributed by atoms with E-state index in [4.69, 9.17) is 26.1 Å². The van der Waals surface area contributed by atoms with Crippen LogP contribution < -0.4 is 4.90 Å². The van der Waals surface area contributed by atoms with Crippen LogP contribution in [-0.2, 0) is 20.7 Å². The first kappa shape index (κ1) is 25.5. The number of halogens is 1. The highest BCUT2D eigenvalue weighted by molar-refractivity contribution is 6.30. The molecule has 0 radical (unpaired) electrons. The summed E-state index contributed by atoms with van der Waals surface area (Å²) in [4.78, 5) is 31.7. The van der Waals surface area contributed by atoms with Crippen molar-refractivity contribution in [3.05, 3.63) is 58.4 Å². The van der Waals surface area contributed by atoms with E-state index in [1.165, 1.54) is 14.2 Å². The number of fused-ring (bicyclic) bond motifs is 3. The number of hydrogen-bond acceptors (Lipinski definition) is 6. The minimum atomic E-state index is -0.988. The van der Waals surface area contributed by atoms with Crippen molar-refractivity contribution in [2.45, 2.75) is 63.6 Å². The second-order valence-electron chi connectivity index (χ2n) is 9.99. The molecule has 1 unspecified atom stereocenters. The van der Waals surface area contributed by atoms with E-state index in [0.29, 0.717) is 22.8 Å². The van der Waals surface area contributed by atoms with E-state index in [1.807, 2.05) is 19.1 Å². The average molecular weight is 526 g/mol. The van der Waals surface area contributed by atoms with E-state index in [0.717, 1.165) is 54.4 Å². The highest BCUT2D eigenvalue weighted by Crippen LogP contribution is 2.42. The Bertz CT molecular complexity index is 1320. The molecule has 5 rings (SSSR count). The summed E-state index contributed by atoms with van der Waals surface area (Å²) in [7, 11) is 2.81. The minimum absolute atomic E-state index is 0.00206. The lowest BCUT2D eigenvalue weighted by Gasteiger charge is -2.34. The molecule has 196 valence electrons. The molecule has 1 amide bonds. The van der Waals surface area contributed by atoms with Crippen LogP contribution in [0.15, 0.2) is 36.4 Å². The number of carbonyl (C=O) groups excluding carboxylic acids is 2. The van der Waals surface area contributed by atoms with Crippen LogP contribution in [0.1, 0.15) is 68.1 Å². The number of ether oxygens (including phenoxy) is 2. The van der Waals surface area contributed by atoms with Gasteiger partial charge in [-0.3, -0.25) is 9.69 Å². The van der Waals surface area contributed by atoms with Crippen LogP contribution in [0.3, 0.4) is 0 Å². The third-order valence-electron chi connectivity index (χ3n) is 7.83. The molecule has 37 heavy (non-hydrogen) atoms. The first-order valence-corrected chi connectivity index (χ1v) is 13.1. The zero-order valence-electron chi connectivity index (χ0n) is 21.3. The van der Waals surface area contributed by atoms with Crippen LogP contribution in [0.25, 0.3) is 11.0 Å². The molecule has 1 N–H and O–H groups in total. The number of benzene rings is 2. The molecule has 2 aliphatic rings. The summed E-state index contributed by atoms with van der Waals surface area (Å²) in [5.74, 6) is 0.119. The van der Waals surface area contributed by atoms with Crippen molar-refractivity contribution in [2.75, 3.05) is 19.1 Å². The van der Waals surface area contributed by atoms with Gasteiger partial charge in [-0.15, -0.1) is 0 Å². The first-order valence-electron chi connectivity index (χ1n) is 12.8. The minimum Gasteiger partial charge on any atom is -0.469 e. The van der Waals surface area contributed by atoms with Crippen molar-refractivity contribution in [3.63, 3.8) is 0 Å². The number of aryl methyl sites for hydroxylation is 1. The van der Waals surface area contributed by atoms with Crippen LogP contribution in [-0.4, -0.2) is 47.0 Å². The number of methoxy groups -OCH3 is 2. The smallest absolute Gasteiger partial charge is 0.414 e. The van der Waals surface area contributed by atoms with Crippen LogP contribution >= 0.6 is 11.6 Å². The molecule has 1 aliphatic carbocycles. The summed E-state index contributed by atoms with van der Waals surface area (Å²) in [5, 5.41) is 12.1. The molecular weight excluding hydrogens is 494 g/mol. The van der Waals surface area contributed by atoms with Crippen LogP contribution in [0.5, 0.6) is 0 Å². The second-order valence-corrected chi connectivity index (χ2v) is 10.4. The number of imidazole rings is 1. The van der Waals surface area contributed by atoms with E-state index in [1.54, 1.807) is 29.2 Å². The Morgan fingerprint density at radius 1 is 1.08 bits per heavy atom. The molecule has 0 spiro atoms. The summed E-state index contributed by atoms with van der Waals surface area (Å²) in [6, 6.07) is 11.0. The molecule has 1 aliphatic heterocycles. The van der Waals surface area contributed by atoms with Gasteiger partial charge < -0.3 is 19.1 Å². The number of carbonyl (C=O) groups is 2. The predicted molar refractivity (Wildman–Crippen MR) is 141 cm³/mol. The molecule has 9 heteroatoms. The number of aliphatic hydroxyl groups excluding tert-OH is 1. The van der Waals surface area contributed by atoms with Gasteiger partial charge in [0.05, 0.1) is 36.9 Å². The maximum Gasteiger partial charge on any atom is 0.414 e. The number of aliphatic hydroxyl groups is 1. The Morgan fingerprint density at radius 3 is 2.54 bits per heavy atom. The fourth-order valence-electron chi connectivity index (χ4n) is 5.94. The highest BCUT2D eigenvalue weighted by Gasteiger charge is 2.35. The van der Waals surface area contributed by atoms with E-state index >= 15 is 0 Å². The van der Waals surface area contributed by atoms with E-state index in [2.05, 4.69) is 4.57 Å². The number of aromatic nitrogens is 2. The van der Waals surface area contributed by atoms with Gasteiger partial charge in [0.1, 0.15) is 11.9 Å². The maximum absolute atomic E-state index is 12.6. The molecule has 0 saturated heterocycles. The summed E-state index contributed by atoms with van der Waals surface area (Å²) < 4.78 is 12.2. The van der Waals surface area contributed by atoms with Crippen molar-refractivity contribution in [2.24, 2.45) is 5.92 Å². The summed E-state index contributed by atoms with van der Waals surface area (Å²) in [5.41, 5.74) is 4.08. The molecule has 2 heterocycles. The first-order chi connectivity index (χ1) is 17.8. The monoisotopic (exact) mass is 525 g/mol. The molecule has 2 aromatic carbocycles. The van der Waals surface area contributed by atoms with Gasteiger partial charge in [-0.1, -0.05) is 30.2 Å². The Hall–Kier alpha value is -3.10. The number of esters is 1. The normalized spacial score (nSPS) is 22.4. The Balaban J connectivity index is 1.67. The van der Waals surface area contributed by atoms with Crippen molar-refractivity contribution in [1.82, 2.24) is 9.55 Å². The van der Waals surface area contributed by atoms with E-state index in [9.17, 15) is 14.7 Å². The molecule has 1 saturated carbocycles.